The number of pyridine rings is 1. The Morgan fingerprint density at radius 3 is 2.74 bits per heavy atom. The van der Waals surface area contributed by atoms with Crippen LogP contribution < -0.4 is 0 Å². The molecule has 1 aliphatic carbocycles. The monoisotopic (exact) mass is 471 g/mol. The van der Waals surface area contributed by atoms with Crippen molar-refractivity contribution >= 4 is 12.1 Å². The number of hydrogen-bond acceptors (Lipinski definition) is 6. The van der Waals surface area contributed by atoms with Crippen LogP contribution >= 0.6 is 0 Å². The zero-order chi connectivity index (χ0) is 24.9. The van der Waals surface area contributed by atoms with Gasteiger partial charge in [0.15, 0.2) is 0 Å². The minimum Gasteiger partial charge on any atom is -0.481 e. The molecular formula is C24H30FN5O4. The summed E-state index contributed by atoms with van der Waals surface area (Å²) in [4.78, 5) is 29.5. The van der Waals surface area contributed by atoms with E-state index in [4.69, 9.17) is 9.84 Å². The summed E-state index contributed by atoms with van der Waals surface area (Å²) in [6, 6.07) is 3.45. The summed E-state index contributed by atoms with van der Waals surface area (Å²) in [7, 11) is 3.33. The summed E-state index contributed by atoms with van der Waals surface area (Å²) in [5, 5.41) is 17.3. The van der Waals surface area contributed by atoms with E-state index in [0.717, 1.165) is 18.4 Å². The largest absolute Gasteiger partial charge is 0.481 e. The predicted molar refractivity (Wildman–Crippen MR) is 122 cm³/mol. The van der Waals surface area contributed by atoms with Crippen molar-refractivity contribution in [1.29, 1.82) is 0 Å². The molecule has 2 heterocycles. The number of aliphatic carboxylic acids is 1. The Morgan fingerprint density at radius 1 is 1.38 bits per heavy atom. The summed E-state index contributed by atoms with van der Waals surface area (Å²) >= 11 is 0. The molecule has 1 fully saturated rings. The van der Waals surface area contributed by atoms with Crippen LogP contribution in [0.1, 0.15) is 56.0 Å². The number of halogens is 1. The maximum atomic E-state index is 12.4. The molecule has 0 bridgehead atoms. The molecule has 1 N–H and O–H groups in total. The lowest BCUT2D eigenvalue weighted by Crippen LogP contribution is -2.35. The van der Waals surface area contributed by atoms with Gasteiger partial charge in [0.1, 0.15) is 18.0 Å². The van der Waals surface area contributed by atoms with Gasteiger partial charge in [-0.05, 0) is 51.7 Å². The number of carboxylic acids is 1. The summed E-state index contributed by atoms with van der Waals surface area (Å²) in [6.45, 7) is 3.21. The highest BCUT2D eigenvalue weighted by atomic mass is 19.1. The first-order valence-corrected chi connectivity index (χ1v) is 11.2. The molecule has 0 aromatic carbocycles. The molecule has 0 radical (unpaired) electrons. The number of alkyl halides is 1. The normalized spacial score (nSPS) is 14.6. The van der Waals surface area contributed by atoms with Gasteiger partial charge in [-0.2, -0.15) is 0 Å². The van der Waals surface area contributed by atoms with E-state index in [9.17, 15) is 14.0 Å². The van der Waals surface area contributed by atoms with E-state index in [1.54, 1.807) is 20.2 Å². The molecule has 1 atom stereocenters. The van der Waals surface area contributed by atoms with Crippen LogP contribution in [-0.2, 0) is 23.2 Å². The number of carboxylic acid groups (broad SMARTS) is 1. The standard InChI is InChI=1S/C24H30FN5O4/c1-16(6-5-13-25)29(3)23(33)34-15-20-22(27-28-30(20)4)19-8-7-18(17(2)26-19)9-10-24(11-12-24)14-21(31)32/h7-8,16H,5-6,11-15H2,1-4H3,(H,31,32). The molecule has 0 saturated heterocycles. The SMILES string of the molecule is Cc1nc(-c2nnn(C)c2COC(=O)N(C)C(C)CCCF)ccc1C#CC1(CC(=O)O)CC1. The van der Waals surface area contributed by atoms with E-state index in [2.05, 4.69) is 27.1 Å². The Balaban J connectivity index is 1.72. The second-order valence-electron chi connectivity index (χ2n) is 8.78. The maximum Gasteiger partial charge on any atom is 0.410 e. The first-order valence-electron chi connectivity index (χ1n) is 11.2. The molecule has 9 nitrogen and oxygen atoms in total. The van der Waals surface area contributed by atoms with E-state index in [-0.39, 0.29) is 19.1 Å². The van der Waals surface area contributed by atoms with Gasteiger partial charge >= 0.3 is 12.1 Å². The summed E-state index contributed by atoms with van der Waals surface area (Å²) in [6.07, 6.45) is 2.07. The van der Waals surface area contributed by atoms with Gasteiger partial charge in [0.25, 0.3) is 0 Å². The van der Waals surface area contributed by atoms with Crippen LogP contribution in [0.5, 0.6) is 0 Å². The van der Waals surface area contributed by atoms with Crippen molar-refractivity contribution in [2.24, 2.45) is 12.5 Å². The minimum atomic E-state index is -0.840. The van der Waals surface area contributed by atoms with Crippen LogP contribution in [0.4, 0.5) is 9.18 Å². The van der Waals surface area contributed by atoms with Crippen molar-refractivity contribution < 1.29 is 23.8 Å². The number of aromatic nitrogens is 4. The highest BCUT2D eigenvalue weighted by Crippen LogP contribution is 2.48. The molecule has 34 heavy (non-hydrogen) atoms. The smallest absolute Gasteiger partial charge is 0.410 e. The predicted octanol–water partition coefficient (Wildman–Crippen LogP) is 3.50. The van der Waals surface area contributed by atoms with Gasteiger partial charge in [-0.15, -0.1) is 5.10 Å². The molecule has 0 aliphatic heterocycles. The highest BCUT2D eigenvalue weighted by molar-refractivity contribution is 5.69. The van der Waals surface area contributed by atoms with Gasteiger partial charge < -0.3 is 14.7 Å². The molecule has 2 aromatic rings. The third-order valence-corrected chi connectivity index (χ3v) is 6.11. The number of aryl methyl sites for hydroxylation is 2. The topological polar surface area (TPSA) is 110 Å². The molecule has 1 amide bonds. The highest BCUT2D eigenvalue weighted by Gasteiger charge is 2.43. The second-order valence-corrected chi connectivity index (χ2v) is 8.78. The fourth-order valence-corrected chi connectivity index (χ4v) is 3.53. The van der Waals surface area contributed by atoms with Crippen LogP contribution in [0, 0.1) is 24.2 Å². The summed E-state index contributed by atoms with van der Waals surface area (Å²) < 4.78 is 19.4. The van der Waals surface area contributed by atoms with E-state index >= 15 is 0 Å². The minimum absolute atomic E-state index is 0.0438. The average Bonchev–Trinajstić information content (AvgIpc) is 3.45. The maximum absolute atomic E-state index is 12.4. The van der Waals surface area contributed by atoms with E-state index in [1.807, 2.05) is 19.9 Å². The fraction of sp³-hybridized carbons (Fsp3) is 0.542. The van der Waals surface area contributed by atoms with Crippen LogP contribution in [0.25, 0.3) is 11.4 Å². The van der Waals surface area contributed by atoms with Crippen LogP contribution in [0.15, 0.2) is 12.1 Å². The first-order chi connectivity index (χ1) is 16.2. The lowest BCUT2D eigenvalue weighted by molar-refractivity contribution is -0.137. The quantitative estimate of drug-likeness (QED) is 0.557. The third kappa shape index (κ3) is 6.10. The molecule has 3 rings (SSSR count). The van der Waals surface area contributed by atoms with Crippen molar-refractivity contribution in [3.05, 3.63) is 29.1 Å². The van der Waals surface area contributed by atoms with Crippen LogP contribution in [0.3, 0.4) is 0 Å². The lowest BCUT2D eigenvalue weighted by atomic mass is 10.0. The van der Waals surface area contributed by atoms with Crippen molar-refractivity contribution in [2.75, 3.05) is 13.7 Å². The summed E-state index contributed by atoms with van der Waals surface area (Å²) in [5.74, 6) is 5.35. The number of hydrogen-bond donors (Lipinski definition) is 1. The number of rotatable bonds is 9. The molecule has 1 aliphatic rings. The molecule has 10 heteroatoms. The van der Waals surface area contributed by atoms with E-state index in [0.29, 0.717) is 35.6 Å². The number of carbonyl (C=O) groups excluding carboxylic acids is 1. The molecular weight excluding hydrogens is 441 g/mol. The Kier molecular flexibility index (Phi) is 7.87. The van der Waals surface area contributed by atoms with Crippen molar-refractivity contribution in [3.8, 4) is 23.2 Å². The summed E-state index contributed by atoms with van der Waals surface area (Å²) in [5.41, 5.74) is 2.64. The third-order valence-electron chi connectivity index (χ3n) is 6.11. The van der Waals surface area contributed by atoms with E-state index in [1.165, 1.54) is 9.58 Å². The van der Waals surface area contributed by atoms with Gasteiger partial charge in [-0.25, -0.2) is 9.48 Å². The van der Waals surface area contributed by atoms with Gasteiger partial charge in [0, 0.05) is 31.1 Å². The first kappa shape index (κ1) is 25.1. The number of nitrogens with zero attached hydrogens (tertiary/aromatic N) is 5. The average molecular weight is 472 g/mol. The lowest BCUT2D eigenvalue weighted by Gasteiger charge is -2.24. The van der Waals surface area contributed by atoms with Crippen LogP contribution in [-0.4, -0.2) is 61.8 Å². The molecule has 182 valence electrons. The second kappa shape index (κ2) is 10.6. The number of carbonyl (C=O) groups is 2. The molecule has 2 aromatic heterocycles. The molecule has 0 spiro atoms. The number of amides is 1. The Morgan fingerprint density at radius 2 is 2.12 bits per heavy atom. The van der Waals surface area contributed by atoms with E-state index < -0.39 is 24.2 Å². The fourth-order valence-electron chi connectivity index (χ4n) is 3.53. The number of ether oxygens (including phenoxy) is 1. The Bertz CT molecular complexity index is 1120. The van der Waals surface area contributed by atoms with Crippen molar-refractivity contribution in [1.82, 2.24) is 24.9 Å². The van der Waals surface area contributed by atoms with Gasteiger partial charge in [0.2, 0.25) is 0 Å². The van der Waals surface area contributed by atoms with Gasteiger partial charge in [0.05, 0.1) is 24.5 Å². The Hall–Kier alpha value is -3.48. The molecule has 1 saturated carbocycles. The van der Waals surface area contributed by atoms with Gasteiger partial charge in [-0.3, -0.25) is 14.2 Å². The Labute approximate surface area is 198 Å². The van der Waals surface area contributed by atoms with Crippen LogP contribution in [0.2, 0.25) is 0 Å². The molecule has 1 unspecified atom stereocenters. The van der Waals surface area contributed by atoms with Crippen molar-refractivity contribution in [2.45, 2.75) is 58.6 Å². The zero-order valence-electron chi connectivity index (χ0n) is 20.0. The van der Waals surface area contributed by atoms with Gasteiger partial charge in [-0.1, -0.05) is 17.1 Å². The van der Waals surface area contributed by atoms with Crippen molar-refractivity contribution in [3.63, 3.8) is 0 Å². The zero-order valence-corrected chi connectivity index (χ0v) is 20.0.